The summed E-state index contributed by atoms with van der Waals surface area (Å²) in [5.41, 5.74) is 8.81. The Morgan fingerprint density at radius 3 is 3.00 bits per heavy atom. The summed E-state index contributed by atoms with van der Waals surface area (Å²) in [7, 11) is 3.64. The van der Waals surface area contributed by atoms with E-state index < -0.39 is 5.91 Å². The fourth-order valence-corrected chi connectivity index (χ4v) is 5.20. The van der Waals surface area contributed by atoms with Crippen LogP contribution in [0, 0.1) is 0 Å². The van der Waals surface area contributed by atoms with Crippen LogP contribution in [-0.4, -0.2) is 44.4 Å². The summed E-state index contributed by atoms with van der Waals surface area (Å²) in [6, 6.07) is 12.8. The van der Waals surface area contributed by atoms with Crippen LogP contribution < -0.4 is 10.2 Å². The molecule has 0 radical (unpaired) electrons. The van der Waals surface area contributed by atoms with E-state index in [2.05, 4.69) is 45.6 Å². The molecule has 0 fully saturated rings. The molecule has 1 aliphatic rings. The van der Waals surface area contributed by atoms with Crippen molar-refractivity contribution in [1.82, 2.24) is 25.1 Å². The number of carbonyl (C=O) groups is 1. The minimum Gasteiger partial charge on any atom is -0.497 e. The lowest BCUT2D eigenvalue weighted by molar-refractivity contribution is -0.124. The standard InChI is InChI=1S/C28H31N5O3/c1-32-17-20(15-30-32)18-33(12-11-22-16-29-26-14-23(36-2)6-8-24(22)26)27-9-5-21-13-19(3-7-25(21)27)4-10-28(34)31-35/h3-4,6-8,10,13-17,27,29,35H,5,9,11-12,18H2,1-2H3,(H,31,34). The molecule has 0 aliphatic heterocycles. The van der Waals surface area contributed by atoms with Crippen molar-refractivity contribution in [2.75, 3.05) is 13.7 Å². The first-order valence-electron chi connectivity index (χ1n) is 12.1. The van der Waals surface area contributed by atoms with E-state index in [1.165, 1.54) is 33.7 Å². The number of hydrogen-bond donors (Lipinski definition) is 3. The van der Waals surface area contributed by atoms with Crippen molar-refractivity contribution in [2.24, 2.45) is 7.05 Å². The number of nitrogens with one attached hydrogen (secondary N) is 2. The van der Waals surface area contributed by atoms with E-state index in [0.717, 1.165) is 49.2 Å². The molecule has 2 aromatic heterocycles. The number of aromatic nitrogens is 3. The second-order valence-electron chi connectivity index (χ2n) is 9.29. The van der Waals surface area contributed by atoms with Gasteiger partial charge in [-0.05, 0) is 59.7 Å². The van der Waals surface area contributed by atoms with Crippen LogP contribution in [0.5, 0.6) is 5.75 Å². The van der Waals surface area contributed by atoms with Crippen LogP contribution in [0.25, 0.3) is 17.0 Å². The minimum atomic E-state index is -0.535. The zero-order valence-electron chi connectivity index (χ0n) is 20.6. The number of fused-ring (bicyclic) bond motifs is 2. The van der Waals surface area contributed by atoms with E-state index in [9.17, 15) is 4.79 Å². The number of hydrogen-bond acceptors (Lipinski definition) is 5. The molecule has 36 heavy (non-hydrogen) atoms. The fourth-order valence-electron chi connectivity index (χ4n) is 5.20. The Bertz CT molecular complexity index is 1400. The number of methoxy groups -OCH3 is 1. The van der Waals surface area contributed by atoms with Crippen molar-refractivity contribution in [1.29, 1.82) is 0 Å². The Labute approximate surface area is 210 Å². The van der Waals surface area contributed by atoms with Gasteiger partial charge in [-0.15, -0.1) is 0 Å². The van der Waals surface area contributed by atoms with Crippen molar-refractivity contribution < 1.29 is 14.7 Å². The van der Waals surface area contributed by atoms with Gasteiger partial charge in [-0.1, -0.05) is 18.2 Å². The minimum absolute atomic E-state index is 0.310. The van der Waals surface area contributed by atoms with Crippen LogP contribution in [0.1, 0.15) is 40.3 Å². The summed E-state index contributed by atoms with van der Waals surface area (Å²) in [5, 5.41) is 14.3. The molecule has 0 bridgehead atoms. The average molecular weight is 486 g/mol. The molecule has 8 nitrogen and oxygen atoms in total. The van der Waals surface area contributed by atoms with Gasteiger partial charge in [-0.2, -0.15) is 5.10 Å². The zero-order valence-corrected chi connectivity index (χ0v) is 20.6. The molecule has 0 saturated heterocycles. The lowest BCUT2D eigenvalue weighted by Gasteiger charge is -2.29. The molecule has 186 valence electrons. The first-order valence-corrected chi connectivity index (χ1v) is 12.1. The summed E-state index contributed by atoms with van der Waals surface area (Å²) >= 11 is 0. The van der Waals surface area contributed by atoms with Gasteiger partial charge in [0.2, 0.25) is 0 Å². The van der Waals surface area contributed by atoms with Gasteiger partial charge in [0.1, 0.15) is 5.75 Å². The maximum absolute atomic E-state index is 11.3. The molecule has 1 atom stereocenters. The van der Waals surface area contributed by atoms with Crippen LogP contribution in [-0.2, 0) is 31.2 Å². The number of aryl methyl sites for hydroxylation is 2. The third-order valence-corrected chi connectivity index (χ3v) is 6.98. The van der Waals surface area contributed by atoms with E-state index in [0.29, 0.717) is 6.04 Å². The van der Waals surface area contributed by atoms with Crippen molar-refractivity contribution in [3.8, 4) is 5.75 Å². The first kappa shape index (κ1) is 23.8. The molecule has 2 heterocycles. The smallest absolute Gasteiger partial charge is 0.267 e. The predicted molar refractivity (Wildman–Crippen MR) is 139 cm³/mol. The molecule has 3 N–H and O–H groups in total. The fraction of sp³-hybridized carbons (Fsp3) is 0.286. The number of H-pyrrole nitrogens is 1. The van der Waals surface area contributed by atoms with Gasteiger partial charge < -0.3 is 9.72 Å². The summed E-state index contributed by atoms with van der Waals surface area (Å²) < 4.78 is 7.22. The quantitative estimate of drug-likeness (QED) is 0.188. The van der Waals surface area contributed by atoms with Crippen molar-refractivity contribution in [2.45, 2.75) is 31.8 Å². The Kier molecular flexibility index (Phi) is 6.88. The highest BCUT2D eigenvalue weighted by Crippen LogP contribution is 2.37. The second kappa shape index (κ2) is 10.4. The Morgan fingerprint density at radius 1 is 1.33 bits per heavy atom. The highest BCUT2D eigenvalue weighted by Gasteiger charge is 2.28. The molecule has 1 unspecified atom stereocenters. The molecular weight excluding hydrogens is 454 g/mol. The maximum Gasteiger partial charge on any atom is 0.267 e. The van der Waals surface area contributed by atoms with Crippen LogP contribution >= 0.6 is 0 Å². The molecule has 1 amide bonds. The highest BCUT2D eigenvalue weighted by atomic mass is 16.5. The van der Waals surface area contributed by atoms with Crippen LogP contribution in [0.2, 0.25) is 0 Å². The second-order valence-corrected chi connectivity index (χ2v) is 9.29. The third kappa shape index (κ3) is 5.05. The molecule has 1 aliphatic carbocycles. The van der Waals surface area contributed by atoms with Crippen molar-refractivity contribution in [3.05, 3.63) is 88.9 Å². The van der Waals surface area contributed by atoms with E-state index >= 15 is 0 Å². The van der Waals surface area contributed by atoms with Crippen LogP contribution in [0.4, 0.5) is 0 Å². The summed E-state index contributed by atoms with van der Waals surface area (Å²) in [6.07, 6.45) is 12.2. The summed E-state index contributed by atoms with van der Waals surface area (Å²) in [6.45, 7) is 1.74. The molecule has 5 rings (SSSR count). The van der Waals surface area contributed by atoms with E-state index in [1.807, 2.05) is 36.1 Å². The molecular formula is C28H31N5O3. The lowest BCUT2D eigenvalue weighted by Crippen LogP contribution is -2.29. The van der Waals surface area contributed by atoms with E-state index in [4.69, 9.17) is 9.94 Å². The van der Waals surface area contributed by atoms with Gasteiger partial charge in [-0.3, -0.25) is 19.6 Å². The molecule has 2 aromatic carbocycles. The molecule has 4 aromatic rings. The van der Waals surface area contributed by atoms with Crippen LogP contribution in [0.3, 0.4) is 0 Å². The lowest BCUT2D eigenvalue weighted by atomic mass is 10.0. The Hall–Kier alpha value is -3.88. The van der Waals surface area contributed by atoms with Gasteiger partial charge in [0, 0.05) is 67.2 Å². The van der Waals surface area contributed by atoms with E-state index in [1.54, 1.807) is 18.7 Å². The molecule has 8 heteroatoms. The van der Waals surface area contributed by atoms with Gasteiger partial charge >= 0.3 is 0 Å². The van der Waals surface area contributed by atoms with Crippen molar-refractivity contribution in [3.63, 3.8) is 0 Å². The summed E-state index contributed by atoms with van der Waals surface area (Å²) in [5.74, 6) is 0.314. The number of hydroxylamine groups is 1. The molecule has 0 saturated carbocycles. The normalized spacial score (nSPS) is 15.2. The van der Waals surface area contributed by atoms with Crippen molar-refractivity contribution >= 4 is 22.9 Å². The average Bonchev–Trinajstić information content (AvgIpc) is 3.62. The number of rotatable bonds is 9. The third-order valence-electron chi connectivity index (χ3n) is 6.98. The monoisotopic (exact) mass is 485 g/mol. The highest BCUT2D eigenvalue weighted by molar-refractivity contribution is 5.90. The van der Waals surface area contributed by atoms with Gasteiger partial charge in [0.15, 0.2) is 0 Å². The predicted octanol–water partition coefficient (Wildman–Crippen LogP) is 4.16. The Morgan fingerprint density at radius 2 is 2.22 bits per heavy atom. The largest absolute Gasteiger partial charge is 0.497 e. The van der Waals surface area contributed by atoms with Gasteiger partial charge in [-0.25, -0.2) is 5.48 Å². The SMILES string of the molecule is COc1ccc2c(CCN(Cc3cnn(C)c3)C3CCc4cc(C=CC(=O)NO)ccc43)c[nH]c2c1. The number of aromatic amines is 1. The molecule has 0 spiro atoms. The van der Waals surface area contributed by atoms with Gasteiger partial charge in [0.25, 0.3) is 5.91 Å². The maximum atomic E-state index is 11.3. The summed E-state index contributed by atoms with van der Waals surface area (Å²) in [4.78, 5) is 17.3. The number of carbonyl (C=O) groups excluding carboxylic acids is 1. The Balaban J connectivity index is 1.38. The van der Waals surface area contributed by atoms with Gasteiger partial charge in [0.05, 0.1) is 13.3 Å². The zero-order chi connectivity index (χ0) is 25.1. The van der Waals surface area contributed by atoms with Crippen LogP contribution in [0.15, 0.2) is 61.1 Å². The topological polar surface area (TPSA) is 95.4 Å². The van der Waals surface area contributed by atoms with E-state index in [-0.39, 0.29) is 0 Å². The first-order chi connectivity index (χ1) is 17.5. The number of amides is 1. The number of ether oxygens (including phenoxy) is 1. The number of nitrogens with zero attached hydrogens (tertiary/aromatic N) is 3. The number of benzene rings is 2.